The standard InChI is InChI=1S/C24H28F3N5O4/c1-35-14-19-15-36-12-11-31(19)17-5-7-18(8-6-17)32-10-2-3-20(22(32)33)30-23(34)29-16-4-9-21(28-13-16)24(25,26)27/h4-9,13,19-20H,2-3,10-12,14-15H2,1H3,(H2,29,30,34)/t19?,20-/m1/s1. The van der Waals surface area contributed by atoms with Crippen molar-refractivity contribution in [1.29, 1.82) is 0 Å². The largest absolute Gasteiger partial charge is 0.433 e. The highest BCUT2D eigenvalue weighted by Gasteiger charge is 2.33. The van der Waals surface area contributed by atoms with Crippen LogP contribution >= 0.6 is 0 Å². The van der Waals surface area contributed by atoms with E-state index >= 15 is 0 Å². The number of halogens is 3. The zero-order chi connectivity index (χ0) is 25.7. The third-order valence-corrected chi connectivity index (χ3v) is 6.14. The molecule has 1 aromatic heterocycles. The molecule has 0 spiro atoms. The first-order valence-corrected chi connectivity index (χ1v) is 11.6. The molecule has 9 nitrogen and oxygen atoms in total. The van der Waals surface area contributed by atoms with Gasteiger partial charge in [-0.05, 0) is 49.2 Å². The van der Waals surface area contributed by atoms with Crippen LogP contribution in [0.5, 0.6) is 0 Å². The van der Waals surface area contributed by atoms with E-state index in [4.69, 9.17) is 9.47 Å². The Balaban J connectivity index is 1.37. The van der Waals surface area contributed by atoms with Crippen LogP contribution in [0.15, 0.2) is 42.6 Å². The van der Waals surface area contributed by atoms with Gasteiger partial charge in [0, 0.05) is 31.6 Å². The van der Waals surface area contributed by atoms with Crippen molar-refractivity contribution in [2.24, 2.45) is 0 Å². The Kier molecular flexibility index (Phi) is 7.94. The van der Waals surface area contributed by atoms with E-state index in [0.717, 1.165) is 36.2 Å². The molecule has 2 atom stereocenters. The van der Waals surface area contributed by atoms with E-state index in [-0.39, 0.29) is 17.6 Å². The van der Waals surface area contributed by atoms with Crippen molar-refractivity contribution in [3.8, 4) is 0 Å². The number of nitrogens with one attached hydrogen (secondary N) is 2. The van der Waals surface area contributed by atoms with Crippen LogP contribution in [0, 0.1) is 0 Å². The molecule has 0 aliphatic carbocycles. The minimum absolute atomic E-state index is 0.0890. The molecule has 1 aromatic carbocycles. The predicted molar refractivity (Wildman–Crippen MR) is 127 cm³/mol. The molecule has 194 valence electrons. The molecule has 2 aliphatic rings. The molecule has 4 rings (SSSR count). The fourth-order valence-electron chi connectivity index (χ4n) is 4.38. The molecule has 1 unspecified atom stereocenters. The van der Waals surface area contributed by atoms with Gasteiger partial charge in [0.15, 0.2) is 0 Å². The number of carbonyl (C=O) groups is 2. The van der Waals surface area contributed by atoms with Crippen LogP contribution in [0.2, 0.25) is 0 Å². The molecule has 2 aliphatic heterocycles. The van der Waals surface area contributed by atoms with Gasteiger partial charge in [0.25, 0.3) is 0 Å². The van der Waals surface area contributed by atoms with Gasteiger partial charge in [0.05, 0.1) is 37.7 Å². The van der Waals surface area contributed by atoms with E-state index in [1.807, 2.05) is 24.3 Å². The summed E-state index contributed by atoms with van der Waals surface area (Å²) < 4.78 is 48.8. The number of rotatable bonds is 6. The number of pyridine rings is 1. The Morgan fingerprint density at radius 1 is 1.17 bits per heavy atom. The number of morpholine rings is 1. The molecule has 0 saturated carbocycles. The monoisotopic (exact) mass is 507 g/mol. The summed E-state index contributed by atoms with van der Waals surface area (Å²) in [6.45, 7) is 3.02. The SMILES string of the molecule is COCC1COCCN1c1ccc(N2CCC[C@@H](NC(=O)Nc3ccc(C(F)(F)F)nc3)C2=O)cc1. The molecular weight excluding hydrogens is 479 g/mol. The van der Waals surface area contributed by atoms with Crippen LogP contribution in [-0.2, 0) is 20.4 Å². The van der Waals surface area contributed by atoms with Crippen molar-refractivity contribution in [3.63, 3.8) is 0 Å². The van der Waals surface area contributed by atoms with Crippen LogP contribution in [-0.4, -0.2) is 69.0 Å². The average Bonchev–Trinajstić information content (AvgIpc) is 2.86. The summed E-state index contributed by atoms with van der Waals surface area (Å²) in [7, 11) is 1.66. The number of carbonyl (C=O) groups excluding carboxylic acids is 2. The van der Waals surface area contributed by atoms with Crippen molar-refractivity contribution >= 4 is 29.0 Å². The second kappa shape index (κ2) is 11.1. The molecular formula is C24H28F3N5O4. The van der Waals surface area contributed by atoms with Crippen molar-refractivity contribution in [2.75, 3.05) is 55.1 Å². The molecule has 3 amide bonds. The number of anilines is 3. The van der Waals surface area contributed by atoms with Crippen molar-refractivity contribution < 1.29 is 32.2 Å². The number of nitrogens with zero attached hydrogens (tertiary/aromatic N) is 3. The van der Waals surface area contributed by atoms with Crippen LogP contribution in [0.4, 0.5) is 35.0 Å². The Labute approximate surface area is 206 Å². The number of amides is 3. The maximum atomic E-state index is 13.1. The minimum Gasteiger partial charge on any atom is -0.382 e. The van der Waals surface area contributed by atoms with Gasteiger partial charge in [-0.1, -0.05) is 0 Å². The molecule has 3 heterocycles. The highest BCUT2D eigenvalue weighted by Crippen LogP contribution is 2.28. The van der Waals surface area contributed by atoms with Gasteiger partial charge in [-0.15, -0.1) is 0 Å². The first-order valence-electron chi connectivity index (χ1n) is 11.6. The maximum Gasteiger partial charge on any atom is 0.433 e. The summed E-state index contributed by atoms with van der Waals surface area (Å²) in [6, 6.07) is 8.22. The molecule has 0 bridgehead atoms. The quantitative estimate of drug-likeness (QED) is 0.623. The Morgan fingerprint density at radius 2 is 1.92 bits per heavy atom. The number of alkyl halides is 3. The lowest BCUT2D eigenvalue weighted by Crippen LogP contribution is -2.53. The molecule has 2 aromatic rings. The Hall–Kier alpha value is -3.38. The average molecular weight is 508 g/mol. The number of hydrogen-bond donors (Lipinski definition) is 2. The molecule has 36 heavy (non-hydrogen) atoms. The Morgan fingerprint density at radius 3 is 2.58 bits per heavy atom. The van der Waals surface area contributed by atoms with Crippen molar-refractivity contribution in [3.05, 3.63) is 48.3 Å². The number of aromatic nitrogens is 1. The summed E-state index contributed by atoms with van der Waals surface area (Å²) in [5.41, 5.74) is 0.762. The van der Waals surface area contributed by atoms with E-state index in [9.17, 15) is 22.8 Å². The van der Waals surface area contributed by atoms with Gasteiger partial charge in [0.2, 0.25) is 5.91 Å². The van der Waals surface area contributed by atoms with E-state index in [0.29, 0.717) is 39.2 Å². The maximum absolute atomic E-state index is 13.1. The van der Waals surface area contributed by atoms with Crippen LogP contribution in [0.25, 0.3) is 0 Å². The van der Waals surface area contributed by atoms with Crippen LogP contribution in [0.3, 0.4) is 0 Å². The number of methoxy groups -OCH3 is 1. The molecule has 2 saturated heterocycles. The smallest absolute Gasteiger partial charge is 0.382 e. The highest BCUT2D eigenvalue weighted by molar-refractivity contribution is 6.01. The zero-order valence-corrected chi connectivity index (χ0v) is 19.8. The summed E-state index contributed by atoms with van der Waals surface area (Å²) in [5, 5.41) is 5.04. The normalized spacial score (nSPS) is 20.8. The topological polar surface area (TPSA) is 96.0 Å². The van der Waals surface area contributed by atoms with Gasteiger partial charge >= 0.3 is 12.2 Å². The summed E-state index contributed by atoms with van der Waals surface area (Å²) in [4.78, 5) is 32.6. The third kappa shape index (κ3) is 6.05. The van der Waals surface area contributed by atoms with Gasteiger partial charge in [-0.2, -0.15) is 13.2 Å². The second-order valence-corrected chi connectivity index (χ2v) is 8.61. The van der Waals surface area contributed by atoms with Crippen LogP contribution < -0.4 is 20.4 Å². The molecule has 2 fully saturated rings. The zero-order valence-electron chi connectivity index (χ0n) is 19.8. The molecule has 2 N–H and O–H groups in total. The fraction of sp³-hybridized carbons (Fsp3) is 0.458. The lowest BCUT2D eigenvalue weighted by Gasteiger charge is -2.37. The Bertz CT molecular complexity index is 1050. The van der Waals surface area contributed by atoms with Gasteiger partial charge in [-0.3, -0.25) is 4.79 Å². The first kappa shape index (κ1) is 25.7. The lowest BCUT2D eigenvalue weighted by atomic mass is 10.0. The molecule has 0 radical (unpaired) electrons. The van der Waals surface area contributed by atoms with Gasteiger partial charge < -0.3 is 29.9 Å². The molecule has 12 heteroatoms. The van der Waals surface area contributed by atoms with Gasteiger partial charge in [0.1, 0.15) is 11.7 Å². The summed E-state index contributed by atoms with van der Waals surface area (Å²) >= 11 is 0. The second-order valence-electron chi connectivity index (χ2n) is 8.61. The van der Waals surface area contributed by atoms with Gasteiger partial charge in [-0.25, -0.2) is 9.78 Å². The predicted octanol–water partition coefficient (Wildman–Crippen LogP) is 3.27. The van der Waals surface area contributed by atoms with Crippen molar-refractivity contribution in [2.45, 2.75) is 31.1 Å². The first-order chi connectivity index (χ1) is 17.3. The third-order valence-electron chi connectivity index (χ3n) is 6.14. The van der Waals surface area contributed by atoms with E-state index in [1.54, 1.807) is 12.0 Å². The summed E-state index contributed by atoms with van der Waals surface area (Å²) in [5.74, 6) is -0.252. The number of benzene rings is 1. The van der Waals surface area contributed by atoms with E-state index in [1.165, 1.54) is 0 Å². The lowest BCUT2D eigenvalue weighted by molar-refractivity contribution is -0.141. The van der Waals surface area contributed by atoms with E-state index < -0.39 is 23.9 Å². The highest BCUT2D eigenvalue weighted by atomic mass is 19.4. The number of ether oxygens (including phenoxy) is 2. The number of hydrogen-bond acceptors (Lipinski definition) is 6. The fourth-order valence-corrected chi connectivity index (χ4v) is 4.38. The minimum atomic E-state index is -4.56. The number of urea groups is 1. The van der Waals surface area contributed by atoms with Crippen LogP contribution in [0.1, 0.15) is 18.5 Å². The van der Waals surface area contributed by atoms with E-state index in [2.05, 4.69) is 20.5 Å². The van der Waals surface area contributed by atoms with Crippen molar-refractivity contribution in [1.82, 2.24) is 10.3 Å². The number of piperidine rings is 1. The summed E-state index contributed by atoms with van der Waals surface area (Å²) in [6.07, 6.45) is -2.51.